The van der Waals surface area contributed by atoms with Crippen LogP contribution in [0.5, 0.6) is 0 Å². The van der Waals surface area contributed by atoms with Gasteiger partial charge in [0.25, 0.3) is 0 Å². The van der Waals surface area contributed by atoms with Gasteiger partial charge in [-0.25, -0.2) is 4.39 Å². The summed E-state index contributed by atoms with van der Waals surface area (Å²) in [4.78, 5) is 23.8. The van der Waals surface area contributed by atoms with Crippen molar-refractivity contribution in [2.24, 2.45) is 0 Å². The number of carbonyl (C=O) groups excluding carboxylic acids is 1. The number of aliphatic carboxylic acids is 1. The highest BCUT2D eigenvalue weighted by Crippen LogP contribution is 2.05. The van der Waals surface area contributed by atoms with E-state index in [4.69, 9.17) is 5.11 Å². The molecule has 1 amide bonds. The molecule has 0 aromatic heterocycles. The Labute approximate surface area is 116 Å². The van der Waals surface area contributed by atoms with Gasteiger partial charge >= 0.3 is 5.97 Å². The number of hydrogen-bond donors (Lipinski definition) is 1. The molecule has 0 fully saturated rings. The second-order valence-corrected chi connectivity index (χ2v) is 4.10. The molecule has 20 heavy (non-hydrogen) atoms. The number of hydrogen-bond acceptors (Lipinski definition) is 2. The highest BCUT2D eigenvalue weighted by Gasteiger charge is 2.10. The van der Waals surface area contributed by atoms with Crippen LogP contribution in [0.2, 0.25) is 0 Å². The lowest BCUT2D eigenvalue weighted by Crippen LogP contribution is -2.31. The van der Waals surface area contributed by atoms with Crippen molar-refractivity contribution in [2.75, 3.05) is 13.1 Å². The molecule has 4 nitrogen and oxygen atoms in total. The third-order valence-electron chi connectivity index (χ3n) is 2.55. The Morgan fingerprint density at radius 1 is 1.30 bits per heavy atom. The zero-order valence-corrected chi connectivity index (χ0v) is 11.0. The molecule has 5 heteroatoms. The van der Waals surface area contributed by atoms with Crippen molar-refractivity contribution in [3.05, 3.63) is 54.4 Å². The lowest BCUT2D eigenvalue weighted by molar-refractivity contribution is -0.137. The molecule has 0 saturated carbocycles. The molecule has 0 saturated heterocycles. The topological polar surface area (TPSA) is 57.6 Å². The Hall–Kier alpha value is -2.43. The van der Waals surface area contributed by atoms with Crippen molar-refractivity contribution in [1.82, 2.24) is 4.90 Å². The van der Waals surface area contributed by atoms with Crippen LogP contribution < -0.4 is 0 Å². The van der Waals surface area contributed by atoms with Gasteiger partial charge in [-0.05, 0) is 23.8 Å². The molecular weight excluding hydrogens is 261 g/mol. The lowest BCUT2D eigenvalue weighted by Gasteiger charge is -2.18. The second-order valence-electron chi connectivity index (χ2n) is 4.10. The van der Waals surface area contributed by atoms with Gasteiger partial charge in [0.15, 0.2) is 0 Å². The molecule has 0 atom stereocenters. The zero-order chi connectivity index (χ0) is 15.0. The predicted molar refractivity (Wildman–Crippen MR) is 74.5 cm³/mol. The van der Waals surface area contributed by atoms with E-state index in [0.717, 1.165) is 0 Å². The van der Waals surface area contributed by atoms with Crippen molar-refractivity contribution in [3.8, 4) is 0 Å². The smallest absolute Gasteiger partial charge is 0.305 e. The third kappa shape index (κ3) is 5.48. The van der Waals surface area contributed by atoms with Gasteiger partial charge in [-0.1, -0.05) is 18.2 Å². The van der Waals surface area contributed by atoms with Crippen molar-refractivity contribution < 1.29 is 19.1 Å². The Morgan fingerprint density at radius 3 is 2.50 bits per heavy atom. The van der Waals surface area contributed by atoms with Crippen LogP contribution in [0.4, 0.5) is 4.39 Å². The number of carboxylic acid groups (broad SMARTS) is 1. The van der Waals surface area contributed by atoms with Crippen LogP contribution in [0.25, 0.3) is 6.08 Å². The number of halogens is 1. The Balaban J connectivity index is 2.66. The van der Waals surface area contributed by atoms with E-state index in [1.54, 1.807) is 18.2 Å². The summed E-state index contributed by atoms with van der Waals surface area (Å²) in [7, 11) is 0. The molecule has 1 rings (SSSR count). The highest BCUT2D eigenvalue weighted by molar-refractivity contribution is 5.92. The summed E-state index contributed by atoms with van der Waals surface area (Å²) in [6, 6.07) is 5.70. The molecule has 0 radical (unpaired) electrons. The maximum atomic E-state index is 12.7. The lowest BCUT2D eigenvalue weighted by atomic mass is 10.2. The first-order chi connectivity index (χ1) is 9.52. The van der Waals surface area contributed by atoms with Gasteiger partial charge in [0.05, 0.1) is 6.42 Å². The predicted octanol–water partition coefficient (Wildman–Crippen LogP) is 2.33. The van der Waals surface area contributed by atoms with Crippen LogP contribution in [0.15, 0.2) is 43.0 Å². The summed E-state index contributed by atoms with van der Waals surface area (Å²) < 4.78 is 12.7. The van der Waals surface area contributed by atoms with Crippen LogP contribution in [-0.2, 0) is 9.59 Å². The van der Waals surface area contributed by atoms with Crippen LogP contribution in [-0.4, -0.2) is 35.0 Å². The molecular formula is C15H16FNO3. The molecule has 0 unspecified atom stereocenters. The first kappa shape index (κ1) is 15.6. The number of nitrogens with zero attached hydrogens (tertiary/aromatic N) is 1. The molecule has 106 valence electrons. The molecule has 0 heterocycles. The molecule has 0 aliphatic carbocycles. The van der Waals surface area contributed by atoms with E-state index < -0.39 is 5.97 Å². The number of benzene rings is 1. The van der Waals surface area contributed by atoms with Gasteiger partial charge in [-0.3, -0.25) is 9.59 Å². The molecule has 0 bridgehead atoms. The summed E-state index contributed by atoms with van der Waals surface area (Å²) in [5, 5.41) is 8.63. The van der Waals surface area contributed by atoms with E-state index >= 15 is 0 Å². The number of amides is 1. The zero-order valence-electron chi connectivity index (χ0n) is 11.0. The quantitative estimate of drug-likeness (QED) is 0.614. The van der Waals surface area contributed by atoms with E-state index in [1.807, 2.05) is 0 Å². The number of carbonyl (C=O) groups is 2. The van der Waals surface area contributed by atoms with Gasteiger partial charge in [-0.2, -0.15) is 0 Å². The van der Waals surface area contributed by atoms with E-state index in [1.165, 1.54) is 29.2 Å². The minimum Gasteiger partial charge on any atom is -0.481 e. The summed E-state index contributed by atoms with van der Waals surface area (Å²) in [5.41, 5.74) is 0.691. The second kappa shape index (κ2) is 7.89. The minimum atomic E-state index is -0.964. The van der Waals surface area contributed by atoms with Crippen molar-refractivity contribution in [2.45, 2.75) is 6.42 Å². The Bertz CT molecular complexity index is 508. The van der Waals surface area contributed by atoms with Gasteiger partial charge in [0.2, 0.25) is 5.91 Å². The fourth-order valence-corrected chi connectivity index (χ4v) is 1.52. The largest absolute Gasteiger partial charge is 0.481 e. The standard InChI is InChI=1S/C15H16FNO3/c1-2-10-17(11-9-15(19)20)14(18)8-5-12-3-6-13(16)7-4-12/h2-8H,1,9-11H2,(H,19,20)/b8-5+. The van der Waals surface area contributed by atoms with Crippen LogP contribution in [0, 0.1) is 5.82 Å². The van der Waals surface area contributed by atoms with Crippen molar-refractivity contribution in [1.29, 1.82) is 0 Å². The van der Waals surface area contributed by atoms with E-state index in [2.05, 4.69) is 6.58 Å². The van der Waals surface area contributed by atoms with Crippen LogP contribution in [0.3, 0.4) is 0 Å². The monoisotopic (exact) mass is 277 g/mol. The van der Waals surface area contributed by atoms with E-state index in [-0.39, 0.29) is 31.2 Å². The molecule has 1 aromatic carbocycles. The molecule has 0 aliphatic heterocycles. The molecule has 1 aromatic rings. The SMILES string of the molecule is C=CCN(CCC(=O)O)C(=O)/C=C/c1ccc(F)cc1. The molecule has 1 N–H and O–H groups in total. The first-order valence-electron chi connectivity index (χ1n) is 6.08. The highest BCUT2D eigenvalue weighted by atomic mass is 19.1. The minimum absolute atomic E-state index is 0.119. The van der Waals surface area contributed by atoms with Gasteiger partial charge in [0, 0.05) is 19.2 Å². The van der Waals surface area contributed by atoms with Crippen LogP contribution >= 0.6 is 0 Å². The normalized spacial score (nSPS) is 10.4. The Kier molecular flexibility index (Phi) is 6.16. The molecule has 0 aliphatic rings. The van der Waals surface area contributed by atoms with Gasteiger partial charge in [0.1, 0.15) is 5.82 Å². The van der Waals surface area contributed by atoms with E-state index in [9.17, 15) is 14.0 Å². The first-order valence-corrected chi connectivity index (χ1v) is 6.08. The third-order valence-corrected chi connectivity index (χ3v) is 2.55. The number of rotatable bonds is 7. The maximum Gasteiger partial charge on any atom is 0.305 e. The fraction of sp³-hybridized carbons (Fsp3) is 0.200. The molecule has 0 spiro atoms. The summed E-state index contributed by atoms with van der Waals surface area (Å²) in [6.07, 6.45) is 4.30. The number of carboxylic acids is 1. The van der Waals surface area contributed by atoms with Gasteiger partial charge < -0.3 is 10.0 Å². The summed E-state index contributed by atoms with van der Waals surface area (Å²) in [5.74, 6) is -1.62. The average molecular weight is 277 g/mol. The van der Waals surface area contributed by atoms with Crippen LogP contribution in [0.1, 0.15) is 12.0 Å². The average Bonchev–Trinajstić information content (AvgIpc) is 2.42. The van der Waals surface area contributed by atoms with Crippen molar-refractivity contribution in [3.63, 3.8) is 0 Å². The van der Waals surface area contributed by atoms with E-state index in [0.29, 0.717) is 5.56 Å². The van der Waals surface area contributed by atoms with Gasteiger partial charge in [-0.15, -0.1) is 6.58 Å². The fourth-order valence-electron chi connectivity index (χ4n) is 1.52. The summed E-state index contributed by atoms with van der Waals surface area (Å²) in [6.45, 7) is 3.93. The Morgan fingerprint density at radius 2 is 1.95 bits per heavy atom. The van der Waals surface area contributed by atoms with Crippen molar-refractivity contribution >= 4 is 18.0 Å². The maximum absolute atomic E-state index is 12.7. The summed E-state index contributed by atoms with van der Waals surface area (Å²) >= 11 is 0.